The van der Waals surface area contributed by atoms with Crippen molar-refractivity contribution in [3.8, 4) is 0 Å². The molecule has 0 aliphatic carbocycles. The van der Waals surface area contributed by atoms with Gasteiger partial charge in [-0.15, -0.1) is 0 Å². The Morgan fingerprint density at radius 3 is 2.29 bits per heavy atom. The smallest absolute Gasteiger partial charge is 0.123 e. The fourth-order valence-electron chi connectivity index (χ4n) is 2.14. The monoisotopic (exact) mass is 365 g/mol. The molecule has 0 aliphatic rings. The van der Waals surface area contributed by atoms with Crippen LogP contribution in [0.3, 0.4) is 0 Å². The highest BCUT2D eigenvalue weighted by Gasteiger charge is 2.15. The molecule has 2 rings (SSSR count). The Morgan fingerprint density at radius 2 is 1.67 bits per heavy atom. The lowest BCUT2D eigenvalue weighted by Gasteiger charge is -2.17. The van der Waals surface area contributed by atoms with Crippen LogP contribution < -0.4 is 10.5 Å². The standard InChI is InChI=1S/C17H21BrFNSi/c1-21(2,3)16-7-4-13(5-8-16)11-20-12-14-10-15(19)6-9-17(14)18/h4-10,20H,11-12H2,1-3H3. The predicted molar refractivity (Wildman–Crippen MR) is 94.1 cm³/mol. The zero-order valence-corrected chi connectivity index (χ0v) is 15.3. The van der Waals surface area contributed by atoms with Gasteiger partial charge < -0.3 is 5.32 Å². The summed E-state index contributed by atoms with van der Waals surface area (Å²) < 4.78 is 14.1. The van der Waals surface area contributed by atoms with Crippen LogP contribution in [0, 0.1) is 5.82 Å². The van der Waals surface area contributed by atoms with Gasteiger partial charge in [-0.05, 0) is 29.3 Å². The van der Waals surface area contributed by atoms with Gasteiger partial charge >= 0.3 is 0 Å². The summed E-state index contributed by atoms with van der Waals surface area (Å²) in [6.45, 7) is 8.48. The highest BCUT2D eigenvalue weighted by atomic mass is 79.9. The van der Waals surface area contributed by atoms with Crippen molar-refractivity contribution in [3.63, 3.8) is 0 Å². The Bertz CT molecular complexity index is 605. The summed E-state index contributed by atoms with van der Waals surface area (Å²) in [5.74, 6) is -0.200. The summed E-state index contributed by atoms with van der Waals surface area (Å²) in [4.78, 5) is 0. The Hall–Kier alpha value is -0.973. The lowest BCUT2D eigenvalue weighted by Crippen LogP contribution is -2.37. The van der Waals surface area contributed by atoms with Crippen LogP contribution >= 0.6 is 15.9 Å². The van der Waals surface area contributed by atoms with Crippen LogP contribution in [0.2, 0.25) is 19.6 Å². The Morgan fingerprint density at radius 1 is 1.00 bits per heavy atom. The van der Waals surface area contributed by atoms with Crippen LogP contribution in [-0.2, 0) is 13.1 Å². The van der Waals surface area contributed by atoms with E-state index in [4.69, 9.17) is 0 Å². The molecule has 2 aromatic carbocycles. The molecule has 0 bridgehead atoms. The third kappa shape index (κ3) is 4.76. The van der Waals surface area contributed by atoms with Gasteiger partial charge in [0, 0.05) is 17.6 Å². The molecule has 0 radical (unpaired) electrons. The zero-order valence-electron chi connectivity index (χ0n) is 12.7. The second kappa shape index (κ2) is 6.86. The van der Waals surface area contributed by atoms with Crippen LogP contribution in [0.5, 0.6) is 0 Å². The lowest BCUT2D eigenvalue weighted by molar-refractivity contribution is 0.619. The summed E-state index contributed by atoms with van der Waals surface area (Å²) in [5, 5.41) is 4.83. The number of nitrogens with one attached hydrogen (secondary N) is 1. The number of benzene rings is 2. The molecule has 0 spiro atoms. The van der Waals surface area contributed by atoms with E-state index in [2.05, 4.69) is 65.2 Å². The molecule has 0 amide bonds. The SMILES string of the molecule is C[Si](C)(C)c1ccc(CNCc2cc(F)ccc2Br)cc1. The van der Waals surface area contributed by atoms with Gasteiger partial charge in [-0.1, -0.05) is 65.0 Å². The van der Waals surface area contributed by atoms with Gasteiger partial charge in [-0.2, -0.15) is 0 Å². The van der Waals surface area contributed by atoms with E-state index in [0.29, 0.717) is 6.54 Å². The summed E-state index contributed by atoms with van der Waals surface area (Å²) in [6, 6.07) is 13.6. The first-order valence-electron chi connectivity index (χ1n) is 7.10. The van der Waals surface area contributed by atoms with Crippen molar-refractivity contribution in [1.82, 2.24) is 5.32 Å². The largest absolute Gasteiger partial charge is 0.309 e. The van der Waals surface area contributed by atoms with E-state index < -0.39 is 8.07 Å². The summed E-state index contributed by atoms with van der Waals surface area (Å²) in [7, 11) is -1.22. The van der Waals surface area contributed by atoms with E-state index in [0.717, 1.165) is 16.6 Å². The lowest BCUT2D eigenvalue weighted by atomic mass is 10.2. The van der Waals surface area contributed by atoms with Crippen molar-refractivity contribution in [2.75, 3.05) is 0 Å². The Labute approximate surface area is 135 Å². The average Bonchev–Trinajstić information content (AvgIpc) is 2.42. The first-order chi connectivity index (χ1) is 9.86. The van der Waals surface area contributed by atoms with Gasteiger partial charge in [0.25, 0.3) is 0 Å². The van der Waals surface area contributed by atoms with E-state index in [1.54, 1.807) is 12.1 Å². The highest BCUT2D eigenvalue weighted by Crippen LogP contribution is 2.17. The zero-order chi connectivity index (χ0) is 15.5. The summed E-state index contributed by atoms with van der Waals surface area (Å²) in [6.07, 6.45) is 0. The molecule has 0 aromatic heterocycles. The third-order valence-electron chi connectivity index (χ3n) is 3.47. The first kappa shape index (κ1) is 16.4. The van der Waals surface area contributed by atoms with Crippen molar-refractivity contribution >= 4 is 29.2 Å². The fraction of sp³-hybridized carbons (Fsp3) is 0.294. The second-order valence-electron chi connectivity index (χ2n) is 6.29. The van der Waals surface area contributed by atoms with E-state index in [1.807, 2.05) is 0 Å². The summed E-state index contributed by atoms with van der Waals surface area (Å²) in [5.41, 5.74) is 2.19. The van der Waals surface area contributed by atoms with Crippen molar-refractivity contribution in [1.29, 1.82) is 0 Å². The highest BCUT2D eigenvalue weighted by molar-refractivity contribution is 9.10. The Balaban J connectivity index is 1.93. The number of hydrogen-bond acceptors (Lipinski definition) is 1. The van der Waals surface area contributed by atoms with Gasteiger partial charge in [-0.3, -0.25) is 0 Å². The normalized spacial score (nSPS) is 11.7. The molecule has 0 heterocycles. The minimum atomic E-state index is -1.22. The maximum atomic E-state index is 13.2. The minimum absolute atomic E-state index is 0.200. The molecule has 21 heavy (non-hydrogen) atoms. The molecule has 0 aliphatic heterocycles. The van der Waals surface area contributed by atoms with Crippen molar-refractivity contribution < 1.29 is 4.39 Å². The van der Waals surface area contributed by atoms with E-state index in [-0.39, 0.29) is 5.82 Å². The maximum Gasteiger partial charge on any atom is 0.123 e. The molecule has 1 nitrogen and oxygen atoms in total. The van der Waals surface area contributed by atoms with Crippen LogP contribution in [0.4, 0.5) is 4.39 Å². The second-order valence-corrected chi connectivity index (χ2v) is 12.2. The van der Waals surface area contributed by atoms with E-state index in [1.165, 1.54) is 16.8 Å². The van der Waals surface area contributed by atoms with Gasteiger partial charge in [0.1, 0.15) is 5.82 Å². The van der Waals surface area contributed by atoms with E-state index >= 15 is 0 Å². The number of hydrogen-bond donors (Lipinski definition) is 1. The molecule has 0 unspecified atom stereocenters. The third-order valence-corrected chi connectivity index (χ3v) is 6.31. The number of rotatable bonds is 5. The molecule has 112 valence electrons. The molecular weight excluding hydrogens is 345 g/mol. The average molecular weight is 366 g/mol. The predicted octanol–water partition coefficient (Wildman–Crippen LogP) is 4.42. The Kier molecular flexibility index (Phi) is 5.36. The van der Waals surface area contributed by atoms with Crippen molar-refractivity contribution in [3.05, 3.63) is 63.9 Å². The molecular formula is C17H21BrFNSi. The molecule has 2 aromatic rings. The molecule has 1 N–H and O–H groups in total. The quantitative estimate of drug-likeness (QED) is 0.773. The topological polar surface area (TPSA) is 12.0 Å². The van der Waals surface area contributed by atoms with Crippen LogP contribution in [-0.4, -0.2) is 8.07 Å². The van der Waals surface area contributed by atoms with Crippen LogP contribution in [0.1, 0.15) is 11.1 Å². The van der Waals surface area contributed by atoms with Crippen LogP contribution in [0.25, 0.3) is 0 Å². The van der Waals surface area contributed by atoms with Crippen molar-refractivity contribution in [2.24, 2.45) is 0 Å². The minimum Gasteiger partial charge on any atom is -0.309 e. The first-order valence-corrected chi connectivity index (χ1v) is 11.4. The number of halogens is 2. The molecule has 4 heteroatoms. The van der Waals surface area contributed by atoms with Crippen LogP contribution in [0.15, 0.2) is 46.9 Å². The molecule has 0 atom stereocenters. The van der Waals surface area contributed by atoms with Gasteiger partial charge in [-0.25, -0.2) is 4.39 Å². The van der Waals surface area contributed by atoms with Crippen molar-refractivity contribution in [2.45, 2.75) is 32.7 Å². The van der Waals surface area contributed by atoms with Gasteiger partial charge in [0.2, 0.25) is 0 Å². The summed E-state index contributed by atoms with van der Waals surface area (Å²) >= 11 is 3.45. The van der Waals surface area contributed by atoms with Gasteiger partial charge in [0.15, 0.2) is 0 Å². The maximum absolute atomic E-state index is 13.2. The van der Waals surface area contributed by atoms with E-state index in [9.17, 15) is 4.39 Å². The molecule has 0 fully saturated rings. The molecule has 0 saturated heterocycles. The fourth-order valence-corrected chi connectivity index (χ4v) is 3.70. The molecule has 0 saturated carbocycles. The van der Waals surface area contributed by atoms with Gasteiger partial charge in [0.05, 0.1) is 8.07 Å².